The van der Waals surface area contributed by atoms with Crippen LogP contribution in [0.25, 0.3) is 16.6 Å². The molecule has 84 valence electrons. The third-order valence-electron chi connectivity index (χ3n) is 2.92. The summed E-state index contributed by atoms with van der Waals surface area (Å²) < 4.78 is 2.84. The van der Waals surface area contributed by atoms with Crippen molar-refractivity contribution in [3.63, 3.8) is 0 Å². The second-order valence-electron chi connectivity index (χ2n) is 3.96. The smallest absolute Gasteiger partial charge is 0.168 e. The van der Waals surface area contributed by atoms with Crippen LogP contribution in [0.15, 0.2) is 34.9 Å². The van der Waals surface area contributed by atoms with Gasteiger partial charge in [0.1, 0.15) is 11.3 Å². The summed E-state index contributed by atoms with van der Waals surface area (Å²) in [6.45, 7) is 2.05. The maximum absolute atomic E-state index is 11.0. The predicted octanol–water partition coefficient (Wildman–Crippen LogP) is 3.37. The van der Waals surface area contributed by atoms with Crippen LogP contribution >= 0.6 is 15.9 Å². The zero-order chi connectivity index (χ0) is 12.0. The number of nitrogens with zero attached hydrogens (tertiary/aromatic N) is 2. The number of imidazole rings is 1. The Morgan fingerprint density at radius 3 is 3.00 bits per heavy atom. The van der Waals surface area contributed by atoms with Gasteiger partial charge in [0.05, 0.1) is 11.7 Å². The molecule has 0 amide bonds. The Morgan fingerprint density at radius 1 is 1.41 bits per heavy atom. The molecule has 0 saturated carbocycles. The van der Waals surface area contributed by atoms with E-state index in [9.17, 15) is 4.79 Å². The van der Waals surface area contributed by atoms with Crippen LogP contribution in [0.1, 0.15) is 16.1 Å². The summed E-state index contributed by atoms with van der Waals surface area (Å²) in [7, 11) is 0. The highest BCUT2D eigenvalue weighted by Crippen LogP contribution is 2.28. The Hall–Kier alpha value is -1.68. The number of aryl methyl sites for hydroxylation is 1. The second kappa shape index (κ2) is 3.67. The lowest BCUT2D eigenvalue weighted by Gasteiger charge is -2.08. The fourth-order valence-corrected chi connectivity index (χ4v) is 2.68. The molecule has 3 aromatic rings. The minimum Gasteiger partial charge on any atom is -0.296 e. The molecule has 0 N–H and O–H groups in total. The van der Waals surface area contributed by atoms with Crippen LogP contribution in [-0.4, -0.2) is 15.7 Å². The number of rotatable bonds is 1. The van der Waals surface area contributed by atoms with Crippen LogP contribution in [0.5, 0.6) is 0 Å². The third-order valence-corrected chi connectivity index (χ3v) is 3.56. The third kappa shape index (κ3) is 1.41. The number of carbonyl (C=O) groups excluding carboxylic acids is 1. The van der Waals surface area contributed by atoms with Crippen molar-refractivity contribution >= 4 is 38.8 Å². The molecule has 0 saturated heterocycles. The summed E-state index contributed by atoms with van der Waals surface area (Å²) in [6, 6.07) is 7.99. The lowest BCUT2D eigenvalue weighted by atomic mass is 10.1. The van der Waals surface area contributed by atoms with Crippen molar-refractivity contribution in [3.05, 3.63) is 46.2 Å². The van der Waals surface area contributed by atoms with E-state index in [2.05, 4.69) is 20.9 Å². The molecule has 0 bridgehead atoms. The minimum atomic E-state index is 0.567. The van der Waals surface area contributed by atoms with Gasteiger partial charge < -0.3 is 0 Å². The number of aromatic nitrogens is 2. The Labute approximate surface area is 106 Å². The summed E-state index contributed by atoms with van der Waals surface area (Å²) in [5.41, 5.74) is 3.50. The molecule has 0 radical (unpaired) electrons. The van der Waals surface area contributed by atoms with E-state index in [0.29, 0.717) is 5.69 Å². The standard InChI is InChI=1S/C13H9BrN2O/c1-8-5-12-15-6-9(7-17)16(12)13-10(8)3-2-4-11(13)14/h2-7H,1H3. The topological polar surface area (TPSA) is 34.4 Å². The highest BCUT2D eigenvalue weighted by atomic mass is 79.9. The summed E-state index contributed by atoms with van der Waals surface area (Å²) in [6.07, 6.45) is 2.43. The highest BCUT2D eigenvalue weighted by Gasteiger charge is 2.10. The average molecular weight is 289 g/mol. The molecule has 4 heteroatoms. The van der Waals surface area contributed by atoms with Crippen molar-refractivity contribution in [3.8, 4) is 0 Å². The number of fused-ring (bicyclic) bond motifs is 3. The van der Waals surface area contributed by atoms with Crippen LogP contribution in [0, 0.1) is 6.92 Å². The number of carbonyl (C=O) groups is 1. The molecule has 0 aliphatic carbocycles. The average Bonchev–Trinajstić information content (AvgIpc) is 2.72. The lowest BCUT2D eigenvalue weighted by Crippen LogP contribution is -1.96. The Kier molecular flexibility index (Phi) is 2.26. The van der Waals surface area contributed by atoms with Gasteiger partial charge in [-0.15, -0.1) is 0 Å². The van der Waals surface area contributed by atoms with Crippen LogP contribution < -0.4 is 0 Å². The Balaban J connectivity index is 2.68. The van der Waals surface area contributed by atoms with Crippen LogP contribution in [0.2, 0.25) is 0 Å². The second-order valence-corrected chi connectivity index (χ2v) is 4.81. The molecule has 0 atom stereocenters. The van der Waals surface area contributed by atoms with Gasteiger partial charge in [-0.05, 0) is 40.5 Å². The summed E-state index contributed by atoms with van der Waals surface area (Å²) in [5.74, 6) is 0. The first kappa shape index (κ1) is 10.5. The first-order valence-electron chi connectivity index (χ1n) is 5.23. The molecule has 3 rings (SSSR count). The van der Waals surface area contributed by atoms with Crippen LogP contribution in [0.3, 0.4) is 0 Å². The van der Waals surface area contributed by atoms with Crippen LogP contribution in [-0.2, 0) is 0 Å². The van der Waals surface area contributed by atoms with Crippen molar-refractivity contribution in [2.75, 3.05) is 0 Å². The molecule has 0 aliphatic heterocycles. The molecular weight excluding hydrogens is 280 g/mol. The van der Waals surface area contributed by atoms with Gasteiger partial charge in [0, 0.05) is 9.86 Å². The van der Waals surface area contributed by atoms with E-state index in [4.69, 9.17) is 0 Å². The van der Waals surface area contributed by atoms with Gasteiger partial charge in [-0.2, -0.15) is 0 Å². The van der Waals surface area contributed by atoms with Crippen molar-refractivity contribution in [2.45, 2.75) is 6.92 Å². The van der Waals surface area contributed by atoms with Gasteiger partial charge >= 0.3 is 0 Å². The predicted molar refractivity (Wildman–Crippen MR) is 70.5 cm³/mol. The summed E-state index contributed by atoms with van der Waals surface area (Å²) >= 11 is 3.54. The van der Waals surface area contributed by atoms with E-state index in [1.165, 1.54) is 0 Å². The normalized spacial score (nSPS) is 11.2. The highest BCUT2D eigenvalue weighted by molar-refractivity contribution is 9.10. The molecular formula is C13H9BrN2O. The number of pyridine rings is 1. The van der Waals surface area contributed by atoms with Gasteiger partial charge in [0.15, 0.2) is 6.29 Å². The number of halogens is 1. The quantitative estimate of drug-likeness (QED) is 0.644. The number of hydrogen-bond acceptors (Lipinski definition) is 2. The number of aldehydes is 1. The molecule has 3 nitrogen and oxygen atoms in total. The van der Waals surface area contributed by atoms with E-state index >= 15 is 0 Å². The largest absolute Gasteiger partial charge is 0.296 e. The molecule has 0 fully saturated rings. The SMILES string of the molecule is Cc1cc2ncc(C=O)n2c2c(Br)cccc12. The van der Waals surface area contributed by atoms with E-state index in [-0.39, 0.29) is 0 Å². The molecule has 0 aliphatic rings. The number of benzene rings is 1. The molecule has 0 unspecified atom stereocenters. The summed E-state index contributed by atoms with van der Waals surface area (Å²) in [4.78, 5) is 15.3. The Bertz CT molecular complexity index is 746. The first-order chi connectivity index (χ1) is 8.22. The first-order valence-corrected chi connectivity index (χ1v) is 6.02. The summed E-state index contributed by atoms with van der Waals surface area (Å²) in [5, 5.41) is 1.12. The van der Waals surface area contributed by atoms with E-state index in [0.717, 1.165) is 32.9 Å². The van der Waals surface area contributed by atoms with Crippen molar-refractivity contribution in [1.29, 1.82) is 0 Å². The molecule has 1 aromatic carbocycles. The van der Waals surface area contributed by atoms with Crippen molar-refractivity contribution < 1.29 is 4.79 Å². The maximum atomic E-state index is 11.0. The molecule has 17 heavy (non-hydrogen) atoms. The molecule has 2 heterocycles. The lowest BCUT2D eigenvalue weighted by molar-refractivity contribution is 0.111. The monoisotopic (exact) mass is 288 g/mol. The fourth-order valence-electron chi connectivity index (χ4n) is 2.14. The minimum absolute atomic E-state index is 0.567. The van der Waals surface area contributed by atoms with Crippen LogP contribution in [0.4, 0.5) is 0 Å². The fraction of sp³-hybridized carbons (Fsp3) is 0.0769. The van der Waals surface area contributed by atoms with Gasteiger partial charge in [-0.3, -0.25) is 9.20 Å². The van der Waals surface area contributed by atoms with E-state index < -0.39 is 0 Å². The number of hydrogen-bond donors (Lipinski definition) is 0. The van der Waals surface area contributed by atoms with Gasteiger partial charge in [-0.1, -0.05) is 12.1 Å². The van der Waals surface area contributed by atoms with E-state index in [1.807, 2.05) is 35.6 Å². The van der Waals surface area contributed by atoms with Crippen molar-refractivity contribution in [2.24, 2.45) is 0 Å². The molecule has 2 aromatic heterocycles. The molecule has 0 spiro atoms. The zero-order valence-electron chi connectivity index (χ0n) is 9.14. The van der Waals surface area contributed by atoms with Gasteiger partial charge in [0.25, 0.3) is 0 Å². The maximum Gasteiger partial charge on any atom is 0.168 e. The van der Waals surface area contributed by atoms with Gasteiger partial charge in [-0.25, -0.2) is 4.98 Å². The van der Waals surface area contributed by atoms with Crippen molar-refractivity contribution in [1.82, 2.24) is 9.38 Å². The van der Waals surface area contributed by atoms with Gasteiger partial charge in [0.2, 0.25) is 0 Å². The zero-order valence-corrected chi connectivity index (χ0v) is 10.7. The Morgan fingerprint density at radius 2 is 2.24 bits per heavy atom. The number of para-hydroxylation sites is 1. The van der Waals surface area contributed by atoms with E-state index in [1.54, 1.807) is 6.20 Å².